The topological polar surface area (TPSA) is 61.6 Å². The van der Waals surface area contributed by atoms with E-state index in [2.05, 4.69) is 28.3 Å². The molecule has 0 spiro atoms. The van der Waals surface area contributed by atoms with Crippen LogP contribution in [0.3, 0.4) is 0 Å². The number of rotatable bonds is 6. The van der Waals surface area contributed by atoms with Crippen LogP contribution in [0, 0.1) is 25.2 Å². The molecule has 1 aromatic heterocycles. The molecule has 0 bridgehead atoms. The number of aromatic nitrogens is 2. The van der Waals surface area contributed by atoms with E-state index in [-0.39, 0.29) is 5.25 Å². The number of hydrogen-bond donors (Lipinski definition) is 1. The van der Waals surface area contributed by atoms with E-state index in [9.17, 15) is 5.26 Å². The molecule has 19 heavy (non-hydrogen) atoms. The van der Waals surface area contributed by atoms with Gasteiger partial charge < -0.3 is 0 Å². The highest BCUT2D eigenvalue weighted by Crippen LogP contribution is 2.26. The van der Waals surface area contributed by atoms with Crippen LogP contribution in [0.2, 0.25) is 0 Å². The van der Waals surface area contributed by atoms with E-state index in [1.165, 1.54) is 0 Å². The largest absolute Gasteiger partial charge is 0.300 e. The highest BCUT2D eigenvalue weighted by molar-refractivity contribution is 7.99. The normalized spacial score (nSPS) is 15.6. The summed E-state index contributed by atoms with van der Waals surface area (Å²) in [6.07, 6.45) is 0.762. The molecule has 1 N–H and O–H groups in total. The molecule has 1 aromatic rings. The third-order valence-electron chi connectivity index (χ3n) is 2.78. The first kappa shape index (κ1) is 15.9. The fourth-order valence-electron chi connectivity index (χ4n) is 2.09. The van der Waals surface area contributed by atoms with Crippen LogP contribution >= 0.6 is 11.8 Å². The average molecular weight is 278 g/mol. The van der Waals surface area contributed by atoms with Crippen LogP contribution in [-0.4, -0.2) is 27.3 Å². The molecule has 104 valence electrons. The minimum Gasteiger partial charge on any atom is -0.300 e. The zero-order chi connectivity index (χ0) is 14.5. The second-order valence-corrected chi connectivity index (χ2v) is 6.45. The van der Waals surface area contributed by atoms with Gasteiger partial charge in [0.05, 0.1) is 6.07 Å². The number of nitrogens with one attached hydrogen (secondary N) is 1. The Morgan fingerprint density at radius 2 is 2.00 bits per heavy atom. The van der Waals surface area contributed by atoms with Gasteiger partial charge in [-0.15, -0.1) is 0 Å². The summed E-state index contributed by atoms with van der Waals surface area (Å²) < 4.78 is 0. The van der Waals surface area contributed by atoms with Crippen molar-refractivity contribution in [2.45, 2.75) is 57.0 Å². The Morgan fingerprint density at radius 1 is 1.42 bits per heavy atom. The van der Waals surface area contributed by atoms with Crippen LogP contribution in [0.4, 0.5) is 0 Å². The number of aryl methyl sites for hydroxylation is 2. The lowest BCUT2D eigenvalue weighted by Gasteiger charge is -2.25. The lowest BCUT2D eigenvalue weighted by atomic mass is 9.98. The van der Waals surface area contributed by atoms with E-state index in [4.69, 9.17) is 0 Å². The maximum Gasteiger partial charge on any atom is 0.188 e. The van der Waals surface area contributed by atoms with Gasteiger partial charge in [0, 0.05) is 16.6 Å². The molecule has 0 saturated heterocycles. The highest BCUT2D eigenvalue weighted by Gasteiger charge is 2.26. The van der Waals surface area contributed by atoms with E-state index < -0.39 is 5.54 Å². The van der Waals surface area contributed by atoms with Crippen molar-refractivity contribution in [1.29, 1.82) is 5.26 Å². The Kier molecular flexibility index (Phi) is 5.77. The zero-order valence-corrected chi connectivity index (χ0v) is 13.1. The van der Waals surface area contributed by atoms with Gasteiger partial charge >= 0.3 is 0 Å². The maximum absolute atomic E-state index is 9.27. The van der Waals surface area contributed by atoms with Crippen LogP contribution in [-0.2, 0) is 0 Å². The predicted molar refractivity (Wildman–Crippen MR) is 79.1 cm³/mol. The standard InChI is InChI=1S/C14H22N4S/c1-6-16-14(5,9-15)8-12(4)19-13-17-10(2)7-11(3)18-13/h7,12,16H,6,8H2,1-5H3. The van der Waals surface area contributed by atoms with Crippen molar-refractivity contribution in [2.75, 3.05) is 6.54 Å². The van der Waals surface area contributed by atoms with Gasteiger partial charge in [0.2, 0.25) is 0 Å². The molecule has 5 heteroatoms. The third-order valence-corrected chi connectivity index (χ3v) is 3.74. The summed E-state index contributed by atoms with van der Waals surface area (Å²) in [5.41, 5.74) is 1.48. The molecule has 0 radical (unpaired) electrons. The summed E-state index contributed by atoms with van der Waals surface area (Å²) in [7, 11) is 0. The third kappa shape index (κ3) is 5.17. The summed E-state index contributed by atoms with van der Waals surface area (Å²) in [4.78, 5) is 8.85. The van der Waals surface area contributed by atoms with Crippen molar-refractivity contribution in [3.63, 3.8) is 0 Å². The van der Waals surface area contributed by atoms with Crippen molar-refractivity contribution >= 4 is 11.8 Å². The second kappa shape index (κ2) is 6.88. The van der Waals surface area contributed by atoms with Crippen molar-refractivity contribution in [3.8, 4) is 6.07 Å². The van der Waals surface area contributed by atoms with Crippen molar-refractivity contribution < 1.29 is 0 Å². The highest BCUT2D eigenvalue weighted by atomic mass is 32.2. The smallest absolute Gasteiger partial charge is 0.188 e. The van der Waals surface area contributed by atoms with Gasteiger partial charge in [-0.1, -0.05) is 25.6 Å². The molecule has 1 rings (SSSR count). The van der Waals surface area contributed by atoms with Crippen LogP contribution in [0.25, 0.3) is 0 Å². The maximum atomic E-state index is 9.27. The molecule has 2 atom stereocenters. The van der Waals surface area contributed by atoms with E-state index in [0.717, 1.165) is 29.5 Å². The lowest BCUT2D eigenvalue weighted by Crippen LogP contribution is -2.42. The first-order valence-corrected chi connectivity index (χ1v) is 7.41. The van der Waals surface area contributed by atoms with Crippen molar-refractivity contribution in [2.24, 2.45) is 0 Å². The van der Waals surface area contributed by atoms with Gasteiger partial charge in [-0.25, -0.2) is 9.97 Å². The first-order valence-electron chi connectivity index (χ1n) is 6.54. The molecule has 0 aliphatic heterocycles. The molecular formula is C14H22N4S. The van der Waals surface area contributed by atoms with Crippen LogP contribution in [0.5, 0.6) is 0 Å². The molecule has 0 fully saturated rings. The number of nitrogens with zero attached hydrogens (tertiary/aromatic N) is 3. The molecule has 0 aliphatic carbocycles. The Labute approximate surface area is 120 Å². The van der Waals surface area contributed by atoms with Gasteiger partial charge in [-0.3, -0.25) is 5.32 Å². The Balaban J connectivity index is 2.69. The van der Waals surface area contributed by atoms with Gasteiger partial charge in [0.1, 0.15) is 5.54 Å². The summed E-state index contributed by atoms with van der Waals surface area (Å²) in [5.74, 6) is 0. The quantitative estimate of drug-likeness (QED) is 0.640. The molecule has 0 amide bonds. The minimum absolute atomic E-state index is 0.282. The van der Waals surface area contributed by atoms with Crippen LogP contribution in [0.15, 0.2) is 11.2 Å². The predicted octanol–water partition coefficient (Wildman–Crippen LogP) is 2.86. The number of nitriles is 1. The fourth-order valence-corrected chi connectivity index (χ4v) is 3.26. The summed E-state index contributed by atoms with van der Waals surface area (Å²) in [6, 6.07) is 4.32. The molecule has 2 unspecified atom stereocenters. The lowest BCUT2D eigenvalue weighted by molar-refractivity contribution is 0.429. The Hall–Kier alpha value is -1.12. The van der Waals surface area contributed by atoms with Gasteiger partial charge in [-0.2, -0.15) is 5.26 Å². The number of hydrogen-bond acceptors (Lipinski definition) is 5. The fraction of sp³-hybridized carbons (Fsp3) is 0.643. The Bertz CT molecular complexity index is 449. The van der Waals surface area contributed by atoms with E-state index in [0.29, 0.717) is 0 Å². The summed E-state index contributed by atoms with van der Waals surface area (Å²) in [6.45, 7) is 10.8. The molecule has 0 aliphatic rings. The van der Waals surface area contributed by atoms with Gasteiger partial charge in [0.25, 0.3) is 0 Å². The van der Waals surface area contributed by atoms with Crippen molar-refractivity contribution in [3.05, 3.63) is 17.5 Å². The van der Waals surface area contributed by atoms with E-state index in [1.54, 1.807) is 11.8 Å². The molecular weight excluding hydrogens is 256 g/mol. The van der Waals surface area contributed by atoms with Crippen LogP contribution < -0.4 is 5.32 Å². The summed E-state index contributed by atoms with van der Waals surface area (Å²) in [5, 5.41) is 13.6. The zero-order valence-electron chi connectivity index (χ0n) is 12.3. The van der Waals surface area contributed by atoms with Gasteiger partial charge in [0.15, 0.2) is 5.16 Å². The number of thioether (sulfide) groups is 1. The van der Waals surface area contributed by atoms with Crippen LogP contribution in [0.1, 0.15) is 38.6 Å². The molecule has 1 heterocycles. The second-order valence-electron chi connectivity index (χ2n) is 5.04. The average Bonchev–Trinajstić information content (AvgIpc) is 2.27. The molecule has 0 saturated carbocycles. The summed E-state index contributed by atoms with van der Waals surface area (Å²) >= 11 is 1.63. The molecule has 0 aromatic carbocycles. The monoisotopic (exact) mass is 278 g/mol. The Morgan fingerprint density at radius 3 is 2.47 bits per heavy atom. The minimum atomic E-state index is -0.486. The van der Waals surface area contributed by atoms with E-state index >= 15 is 0 Å². The SMILES string of the molecule is CCNC(C)(C#N)CC(C)Sc1nc(C)cc(C)n1. The first-order chi connectivity index (χ1) is 8.88. The van der Waals surface area contributed by atoms with Crippen molar-refractivity contribution in [1.82, 2.24) is 15.3 Å². The molecule has 4 nitrogen and oxygen atoms in total. The van der Waals surface area contributed by atoms with Gasteiger partial charge in [-0.05, 0) is 39.8 Å². The van der Waals surface area contributed by atoms with E-state index in [1.807, 2.05) is 33.8 Å².